The SMILES string of the molecule is CC(C)[C@H](N)C(=O)OC[C@]1(F)CC[C@](CO)(n2c(Cl)cc(N)nc2=O)O1. The third-order valence-corrected chi connectivity index (χ3v) is 4.51. The highest BCUT2D eigenvalue weighted by atomic mass is 35.5. The lowest BCUT2D eigenvalue weighted by molar-refractivity contribution is -0.241. The number of aliphatic hydroxyl groups is 1. The van der Waals surface area contributed by atoms with Gasteiger partial charge in [-0.15, -0.1) is 0 Å². The Balaban J connectivity index is 2.21. The lowest BCUT2D eigenvalue weighted by Crippen LogP contribution is -2.48. The van der Waals surface area contributed by atoms with Crippen LogP contribution in [-0.2, 0) is 20.0 Å². The lowest BCUT2D eigenvalue weighted by atomic mass is 10.1. The predicted molar refractivity (Wildman–Crippen MR) is 90.9 cm³/mol. The molecular formula is C15H22ClFN4O5. The monoisotopic (exact) mass is 392 g/mol. The molecule has 146 valence electrons. The summed E-state index contributed by atoms with van der Waals surface area (Å²) >= 11 is 6.01. The molecule has 0 bridgehead atoms. The number of rotatable bonds is 6. The van der Waals surface area contributed by atoms with Crippen LogP contribution in [0.4, 0.5) is 10.2 Å². The van der Waals surface area contributed by atoms with Gasteiger partial charge >= 0.3 is 11.7 Å². The minimum absolute atomic E-state index is 0.0982. The maximum atomic E-state index is 15.0. The molecule has 11 heteroatoms. The van der Waals surface area contributed by atoms with Crippen molar-refractivity contribution in [2.45, 2.75) is 44.3 Å². The number of halogens is 2. The quantitative estimate of drug-likeness (QED) is 0.457. The minimum Gasteiger partial charge on any atom is -0.458 e. The summed E-state index contributed by atoms with van der Waals surface area (Å²) in [6.45, 7) is 1.97. The first-order valence-electron chi connectivity index (χ1n) is 8.01. The second-order valence-corrected chi connectivity index (χ2v) is 6.98. The second kappa shape index (κ2) is 7.47. The van der Waals surface area contributed by atoms with Crippen molar-refractivity contribution in [3.05, 3.63) is 21.7 Å². The smallest absolute Gasteiger partial charge is 0.353 e. The molecule has 26 heavy (non-hydrogen) atoms. The number of ether oxygens (including phenoxy) is 2. The Labute approximate surface area is 154 Å². The van der Waals surface area contributed by atoms with Crippen LogP contribution in [0.2, 0.25) is 5.15 Å². The van der Waals surface area contributed by atoms with E-state index in [2.05, 4.69) is 4.98 Å². The van der Waals surface area contributed by atoms with Crippen LogP contribution < -0.4 is 17.2 Å². The number of hydrogen-bond donors (Lipinski definition) is 3. The van der Waals surface area contributed by atoms with Crippen LogP contribution in [0, 0.1) is 5.92 Å². The van der Waals surface area contributed by atoms with E-state index < -0.39 is 42.5 Å². The Morgan fingerprint density at radius 3 is 2.77 bits per heavy atom. The van der Waals surface area contributed by atoms with Crippen molar-refractivity contribution >= 4 is 23.4 Å². The number of nitrogens with zero attached hydrogens (tertiary/aromatic N) is 2. The summed E-state index contributed by atoms with van der Waals surface area (Å²) in [7, 11) is 0. The molecule has 2 rings (SSSR count). The van der Waals surface area contributed by atoms with E-state index in [1.54, 1.807) is 13.8 Å². The molecule has 5 N–H and O–H groups in total. The van der Waals surface area contributed by atoms with E-state index in [0.29, 0.717) is 0 Å². The van der Waals surface area contributed by atoms with E-state index in [4.69, 9.17) is 32.5 Å². The fraction of sp³-hybridized carbons (Fsp3) is 0.667. The molecular weight excluding hydrogens is 371 g/mol. The van der Waals surface area contributed by atoms with Crippen LogP contribution in [0.5, 0.6) is 0 Å². The number of nitrogen functional groups attached to an aromatic ring is 1. The molecule has 0 aromatic carbocycles. The van der Waals surface area contributed by atoms with Gasteiger partial charge in [0.05, 0.1) is 6.61 Å². The van der Waals surface area contributed by atoms with Crippen LogP contribution in [0.1, 0.15) is 26.7 Å². The minimum atomic E-state index is -2.42. The first-order chi connectivity index (χ1) is 12.0. The fourth-order valence-electron chi connectivity index (χ4n) is 2.65. The zero-order chi connectivity index (χ0) is 19.7. The lowest BCUT2D eigenvalue weighted by Gasteiger charge is -2.31. The molecule has 3 atom stereocenters. The van der Waals surface area contributed by atoms with E-state index in [-0.39, 0.29) is 29.7 Å². The van der Waals surface area contributed by atoms with Crippen LogP contribution in [0.3, 0.4) is 0 Å². The van der Waals surface area contributed by atoms with Gasteiger partial charge in [-0.1, -0.05) is 25.4 Å². The van der Waals surface area contributed by atoms with E-state index in [0.717, 1.165) is 4.57 Å². The topological polar surface area (TPSA) is 143 Å². The number of esters is 1. The summed E-state index contributed by atoms with van der Waals surface area (Å²) < 4.78 is 26.1. The number of alkyl halides is 1. The number of hydrogen-bond acceptors (Lipinski definition) is 8. The Morgan fingerprint density at radius 1 is 1.58 bits per heavy atom. The maximum absolute atomic E-state index is 15.0. The molecule has 1 aromatic rings. The third-order valence-electron chi connectivity index (χ3n) is 4.23. The standard InChI is InChI=1S/C15H22ClFN4O5/c1-8(2)11(19)12(23)25-7-14(17)3-4-15(6-22,26-14)21-9(16)5-10(18)20-13(21)24/h5,8,11,22H,3-4,6-7,19H2,1-2H3,(H2,18,20,24)/t11-,14-,15-/m0/s1. The van der Waals surface area contributed by atoms with Gasteiger partial charge in [-0.25, -0.2) is 13.8 Å². The largest absolute Gasteiger partial charge is 0.458 e. The average Bonchev–Trinajstić information content (AvgIpc) is 2.89. The van der Waals surface area contributed by atoms with Gasteiger partial charge in [0.25, 0.3) is 0 Å². The Hall–Kier alpha value is -1.75. The molecule has 2 heterocycles. The van der Waals surface area contributed by atoms with Crippen molar-refractivity contribution in [3.63, 3.8) is 0 Å². The average molecular weight is 393 g/mol. The Morgan fingerprint density at radius 2 is 2.23 bits per heavy atom. The van der Waals surface area contributed by atoms with E-state index in [1.807, 2.05) is 0 Å². The molecule has 1 fully saturated rings. The number of nitrogens with two attached hydrogens (primary N) is 2. The number of carbonyl (C=O) groups is 1. The number of carbonyl (C=O) groups excluding carboxylic acids is 1. The number of aromatic nitrogens is 2. The highest BCUT2D eigenvalue weighted by Gasteiger charge is 2.53. The van der Waals surface area contributed by atoms with E-state index in [1.165, 1.54) is 6.07 Å². The normalized spacial score (nSPS) is 26.9. The molecule has 0 aliphatic carbocycles. The van der Waals surface area contributed by atoms with Crippen LogP contribution in [0.25, 0.3) is 0 Å². The zero-order valence-corrected chi connectivity index (χ0v) is 15.2. The van der Waals surface area contributed by atoms with Gasteiger partial charge in [0.2, 0.25) is 5.85 Å². The molecule has 1 saturated heterocycles. The van der Waals surface area contributed by atoms with Crippen molar-refractivity contribution in [2.24, 2.45) is 11.7 Å². The van der Waals surface area contributed by atoms with Crippen molar-refractivity contribution in [3.8, 4) is 0 Å². The molecule has 1 aliphatic rings. The maximum Gasteiger partial charge on any atom is 0.353 e. The molecule has 0 amide bonds. The third kappa shape index (κ3) is 3.98. The summed E-state index contributed by atoms with van der Waals surface area (Å²) in [6, 6.07) is 0.282. The first kappa shape index (κ1) is 20.6. The summed E-state index contributed by atoms with van der Waals surface area (Å²) in [6.07, 6.45) is -0.343. The van der Waals surface area contributed by atoms with Gasteiger partial charge in [-0.3, -0.25) is 4.79 Å². The highest BCUT2D eigenvalue weighted by Crippen LogP contribution is 2.42. The van der Waals surface area contributed by atoms with Crippen LogP contribution >= 0.6 is 11.6 Å². The summed E-state index contributed by atoms with van der Waals surface area (Å²) in [5.74, 6) is -3.49. The van der Waals surface area contributed by atoms with Gasteiger partial charge in [-0.2, -0.15) is 4.98 Å². The predicted octanol–water partition coefficient (Wildman–Crippen LogP) is 0.127. The van der Waals surface area contributed by atoms with Gasteiger partial charge in [0.1, 0.15) is 17.0 Å². The van der Waals surface area contributed by atoms with E-state index >= 15 is 0 Å². The second-order valence-electron chi connectivity index (χ2n) is 6.59. The Kier molecular flexibility index (Phi) is 5.91. The van der Waals surface area contributed by atoms with Gasteiger partial charge in [-0.05, 0) is 5.92 Å². The number of aliphatic hydroxyl groups excluding tert-OH is 1. The molecule has 0 radical (unpaired) electrons. The van der Waals surface area contributed by atoms with Gasteiger partial charge in [0, 0.05) is 18.9 Å². The molecule has 0 unspecified atom stereocenters. The molecule has 9 nitrogen and oxygen atoms in total. The number of anilines is 1. The van der Waals surface area contributed by atoms with E-state index in [9.17, 15) is 19.1 Å². The van der Waals surface area contributed by atoms with Crippen molar-refractivity contribution < 1.29 is 23.8 Å². The molecule has 0 spiro atoms. The van der Waals surface area contributed by atoms with Gasteiger partial charge < -0.3 is 26.0 Å². The summed E-state index contributed by atoms with van der Waals surface area (Å²) in [5, 5.41) is 9.59. The molecule has 1 aliphatic heterocycles. The molecule has 1 aromatic heterocycles. The van der Waals surface area contributed by atoms with Crippen molar-refractivity contribution in [1.29, 1.82) is 0 Å². The van der Waals surface area contributed by atoms with Gasteiger partial charge in [0.15, 0.2) is 12.3 Å². The Bertz CT molecular complexity index is 745. The summed E-state index contributed by atoms with van der Waals surface area (Å²) in [5.41, 5.74) is 8.42. The van der Waals surface area contributed by atoms with Crippen molar-refractivity contribution in [1.82, 2.24) is 9.55 Å². The summed E-state index contributed by atoms with van der Waals surface area (Å²) in [4.78, 5) is 27.5. The fourth-order valence-corrected chi connectivity index (χ4v) is 2.99. The van der Waals surface area contributed by atoms with Crippen LogP contribution in [0.15, 0.2) is 10.9 Å². The van der Waals surface area contributed by atoms with Crippen LogP contribution in [-0.4, -0.2) is 45.7 Å². The molecule has 0 saturated carbocycles. The van der Waals surface area contributed by atoms with Crippen molar-refractivity contribution in [2.75, 3.05) is 18.9 Å². The highest BCUT2D eigenvalue weighted by molar-refractivity contribution is 6.29. The first-order valence-corrected chi connectivity index (χ1v) is 8.39. The zero-order valence-electron chi connectivity index (χ0n) is 14.4.